The molecule has 2 unspecified atom stereocenters. The molecule has 5 nitrogen and oxygen atoms in total. The molecule has 0 amide bonds. The molecule has 10 rings (SSSR count). The van der Waals surface area contributed by atoms with Crippen molar-refractivity contribution in [1.29, 1.82) is 0 Å². The first-order chi connectivity index (χ1) is 27.7. The number of fused-ring (bicyclic) bond motifs is 3. The number of nitrogens with one attached hydrogen (secondary N) is 2. The minimum atomic E-state index is -0.0797. The molecule has 2 aliphatic heterocycles. The number of benzene rings is 6. The highest BCUT2D eigenvalue weighted by atomic mass is 15.0. The first-order valence-electron chi connectivity index (χ1n) is 19.0. The maximum absolute atomic E-state index is 5.35. The van der Waals surface area contributed by atoms with E-state index in [1.165, 1.54) is 0 Å². The van der Waals surface area contributed by atoms with Crippen molar-refractivity contribution in [3.8, 4) is 44.9 Å². The topological polar surface area (TPSA) is 62.7 Å². The molecule has 2 atom stereocenters. The Morgan fingerprint density at radius 1 is 0.500 bits per heavy atom. The van der Waals surface area contributed by atoms with Crippen LogP contribution >= 0.6 is 0 Å². The Hall–Kier alpha value is -7.37. The number of hydrogen-bond donors (Lipinski definition) is 2. The van der Waals surface area contributed by atoms with E-state index < -0.39 is 0 Å². The van der Waals surface area contributed by atoms with Crippen molar-refractivity contribution < 1.29 is 0 Å². The molecule has 266 valence electrons. The summed E-state index contributed by atoms with van der Waals surface area (Å²) in [6, 6.07) is 55.4. The van der Waals surface area contributed by atoms with Gasteiger partial charge >= 0.3 is 0 Å². The average molecular weight is 720 g/mol. The Morgan fingerprint density at radius 3 is 2.02 bits per heavy atom. The van der Waals surface area contributed by atoms with E-state index in [1.54, 1.807) is 0 Å². The van der Waals surface area contributed by atoms with E-state index in [9.17, 15) is 0 Å². The maximum atomic E-state index is 5.35. The van der Waals surface area contributed by atoms with Gasteiger partial charge in [0.1, 0.15) is 0 Å². The molecule has 0 bridgehead atoms. The number of allylic oxidation sites excluding steroid dienone is 4. The zero-order chi connectivity index (χ0) is 37.3. The van der Waals surface area contributed by atoms with Crippen LogP contribution in [-0.4, -0.2) is 21.0 Å². The summed E-state index contributed by atoms with van der Waals surface area (Å²) in [5.41, 5.74) is 12.7. The minimum Gasteiger partial charge on any atom is -0.379 e. The molecule has 2 N–H and O–H groups in total. The number of aromatic nitrogens is 3. The normalized spacial score (nSPS) is 16.2. The van der Waals surface area contributed by atoms with Crippen molar-refractivity contribution in [3.05, 3.63) is 217 Å². The maximum Gasteiger partial charge on any atom is 0.160 e. The standard InChI is InChI=1S/C51H37N5/c1-3-14-34(15-4-1)39-29-40(31-42(30-39)51-55-49(36-17-5-2-6-18-36)44-25-24-35-16-7-8-21-43(35)50(44)56-51)37-19-13-20-38(28-37)41-32-47(45-22-9-11-26-52-45)54-48(33-41)46-23-10-12-27-53-46/h1-33,45,48,52,54H. The van der Waals surface area contributed by atoms with E-state index in [0.717, 1.165) is 83.3 Å². The summed E-state index contributed by atoms with van der Waals surface area (Å²) < 4.78 is 0. The second-order valence-corrected chi connectivity index (χ2v) is 14.2. The summed E-state index contributed by atoms with van der Waals surface area (Å²) >= 11 is 0. The van der Waals surface area contributed by atoms with Crippen LogP contribution in [0.1, 0.15) is 17.3 Å². The fourth-order valence-electron chi connectivity index (χ4n) is 7.78. The van der Waals surface area contributed by atoms with Crippen LogP contribution in [0.5, 0.6) is 0 Å². The second-order valence-electron chi connectivity index (χ2n) is 14.2. The molecule has 0 radical (unpaired) electrons. The summed E-state index contributed by atoms with van der Waals surface area (Å²) in [6.07, 6.45) is 14.6. The summed E-state index contributed by atoms with van der Waals surface area (Å²) in [6.45, 7) is 0. The van der Waals surface area contributed by atoms with Crippen LogP contribution in [0, 0.1) is 0 Å². The van der Waals surface area contributed by atoms with Crippen LogP contribution in [0.2, 0.25) is 0 Å². The van der Waals surface area contributed by atoms with Gasteiger partial charge < -0.3 is 10.6 Å². The zero-order valence-corrected chi connectivity index (χ0v) is 30.5. The van der Waals surface area contributed by atoms with E-state index in [2.05, 4.69) is 174 Å². The third-order valence-electron chi connectivity index (χ3n) is 10.6. The van der Waals surface area contributed by atoms with Gasteiger partial charge in [-0.05, 0) is 106 Å². The highest BCUT2D eigenvalue weighted by Crippen LogP contribution is 2.38. The van der Waals surface area contributed by atoms with Gasteiger partial charge in [-0.1, -0.05) is 127 Å². The van der Waals surface area contributed by atoms with Gasteiger partial charge in [0.2, 0.25) is 0 Å². The molecule has 6 aromatic carbocycles. The number of pyridine rings is 1. The van der Waals surface area contributed by atoms with Gasteiger partial charge in [0.25, 0.3) is 0 Å². The average Bonchev–Trinajstić information content (AvgIpc) is 3.29. The third kappa shape index (κ3) is 6.46. The van der Waals surface area contributed by atoms with Crippen molar-refractivity contribution in [3.63, 3.8) is 0 Å². The molecule has 5 heteroatoms. The quantitative estimate of drug-likeness (QED) is 0.161. The molecule has 0 fully saturated rings. The Labute approximate surface area is 326 Å². The third-order valence-corrected chi connectivity index (χ3v) is 10.6. The summed E-state index contributed by atoms with van der Waals surface area (Å²) in [5, 5.41) is 10.5. The minimum absolute atomic E-state index is 0.0306. The fourth-order valence-corrected chi connectivity index (χ4v) is 7.78. The smallest absolute Gasteiger partial charge is 0.160 e. The lowest BCUT2D eigenvalue weighted by Crippen LogP contribution is -2.36. The molecule has 2 aliphatic rings. The lowest BCUT2D eigenvalue weighted by molar-refractivity contribution is 0.619. The van der Waals surface area contributed by atoms with Gasteiger partial charge in [0.15, 0.2) is 5.82 Å². The van der Waals surface area contributed by atoms with Crippen LogP contribution in [0.4, 0.5) is 0 Å². The Bertz CT molecular complexity index is 2860. The Kier molecular flexibility index (Phi) is 8.58. The first-order valence-corrected chi connectivity index (χ1v) is 19.0. The zero-order valence-electron chi connectivity index (χ0n) is 30.5. The van der Waals surface area contributed by atoms with Crippen molar-refractivity contribution in [1.82, 2.24) is 25.6 Å². The fraction of sp³-hybridized carbons (Fsp3) is 0.0392. The van der Waals surface area contributed by atoms with E-state index in [1.807, 2.05) is 36.7 Å². The van der Waals surface area contributed by atoms with Gasteiger partial charge in [-0.2, -0.15) is 0 Å². The molecule has 8 aromatic rings. The van der Waals surface area contributed by atoms with E-state index in [4.69, 9.17) is 15.0 Å². The Morgan fingerprint density at radius 2 is 1.21 bits per heavy atom. The number of rotatable bonds is 7. The molecule has 0 aliphatic carbocycles. The van der Waals surface area contributed by atoms with Crippen molar-refractivity contribution in [2.24, 2.45) is 0 Å². The number of nitrogens with zero attached hydrogens (tertiary/aromatic N) is 3. The summed E-state index contributed by atoms with van der Waals surface area (Å²) in [5.74, 6) is 0.691. The monoisotopic (exact) mass is 719 g/mol. The predicted octanol–water partition coefficient (Wildman–Crippen LogP) is 11.5. The Balaban J connectivity index is 1.14. The summed E-state index contributed by atoms with van der Waals surface area (Å²) in [4.78, 5) is 15.4. The van der Waals surface area contributed by atoms with Crippen LogP contribution < -0.4 is 10.6 Å². The lowest BCUT2D eigenvalue weighted by atomic mass is 9.91. The van der Waals surface area contributed by atoms with Crippen LogP contribution in [0.25, 0.3) is 72.1 Å². The van der Waals surface area contributed by atoms with Crippen LogP contribution in [0.15, 0.2) is 206 Å². The van der Waals surface area contributed by atoms with Crippen molar-refractivity contribution >= 4 is 27.2 Å². The van der Waals surface area contributed by atoms with Gasteiger partial charge in [-0.15, -0.1) is 0 Å². The van der Waals surface area contributed by atoms with E-state index in [-0.39, 0.29) is 12.1 Å². The van der Waals surface area contributed by atoms with E-state index >= 15 is 0 Å². The van der Waals surface area contributed by atoms with E-state index in [0.29, 0.717) is 5.82 Å². The van der Waals surface area contributed by atoms with Crippen LogP contribution in [0.3, 0.4) is 0 Å². The second kappa shape index (κ2) is 14.5. The summed E-state index contributed by atoms with van der Waals surface area (Å²) in [7, 11) is 0. The molecular weight excluding hydrogens is 683 g/mol. The van der Waals surface area contributed by atoms with Crippen molar-refractivity contribution in [2.75, 3.05) is 0 Å². The molecule has 4 heterocycles. The SMILES string of the molecule is C1=CNC(C2=CC(c3cccc(-c4cc(-c5ccccc5)cc(-c5nc(-c6ccccc6)c6ccc7ccccc7c6n5)c4)c3)=CC(c3ccccn3)N2)C=C1. The predicted molar refractivity (Wildman–Crippen MR) is 230 cm³/mol. The van der Waals surface area contributed by atoms with Gasteiger partial charge in [0.05, 0.1) is 29.0 Å². The highest BCUT2D eigenvalue weighted by Gasteiger charge is 2.23. The van der Waals surface area contributed by atoms with Gasteiger partial charge in [-0.25, -0.2) is 9.97 Å². The van der Waals surface area contributed by atoms with Crippen LogP contribution in [-0.2, 0) is 0 Å². The molecule has 2 aromatic heterocycles. The largest absolute Gasteiger partial charge is 0.379 e. The first kappa shape index (κ1) is 33.2. The lowest BCUT2D eigenvalue weighted by Gasteiger charge is -2.29. The number of hydrogen-bond acceptors (Lipinski definition) is 5. The molecule has 56 heavy (non-hydrogen) atoms. The molecular formula is C51H37N5. The molecule has 0 spiro atoms. The number of dihydropyridines is 2. The van der Waals surface area contributed by atoms with Gasteiger partial charge in [0, 0.05) is 33.8 Å². The van der Waals surface area contributed by atoms with Gasteiger partial charge in [-0.3, -0.25) is 4.98 Å². The highest BCUT2D eigenvalue weighted by molar-refractivity contribution is 6.09. The molecule has 0 saturated carbocycles. The molecule has 0 saturated heterocycles. The van der Waals surface area contributed by atoms with Crippen molar-refractivity contribution in [2.45, 2.75) is 12.1 Å².